The Morgan fingerprint density at radius 3 is 1.76 bits per heavy atom. The first-order chi connectivity index (χ1) is 18.2. The largest absolute Gasteiger partial charge is 1.00 e. The Kier molecular flexibility index (Phi) is 13.8. The predicted octanol–water partition coefficient (Wildman–Crippen LogP) is 5.29. The van der Waals surface area contributed by atoms with E-state index >= 15 is 0 Å². The molecule has 41 heavy (non-hydrogen) atoms. The molecular weight excluding hydrogens is 599 g/mol. The normalized spacial score (nSPS) is 13.9. The van der Waals surface area contributed by atoms with Gasteiger partial charge in [-0.2, -0.15) is 0 Å². The second-order valence-corrected chi connectivity index (χ2v) is 16.3. The summed E-state index contributed by atoms with van der Waals surface area (Å²) in [5.41, 5.74) is 3.14. The third-order valence-electron chi connectivity index (χ3n) is 6.83. The summed E-state index contributed by atoms with van der Waals surface area (Å²) < 4.78 is 27.7. The smallest absolute Gasteiger partial charge is 0.352 e. The van der Waals surface area contributed by atoms with Crippen molar-refractivity contribution in [2.75, 3.05) is 27.2 Å². The van der Waals surface area contributed by atoms with Gasteiger partial charge in [-0.15, -0.1) is 0 Å². The van der Waals surface area contributed by atoms with Crippen LogP contribution in [0.15, 0.2) is 42.5 Å². The van der Waals surface area contributed by atoms with E-state index in [1.54, 1.807) is 0 Å². The highest BCUT2D eigenvalue weighted by atomic mass is 79.9. The van der Waals surface area contributed by atoms with Gasteiger partial charge in [-0.3, -0.25) is 9.88 Å². The lowest BCUT2D eigenvalue weighted by atomic mass is 9.78. The van der Waals surface area contributed by atoms with Crippen molar-refractivity contribution in [1.29, 1.82) is 0 Å². The lowest BCUT2D eigenvalue weighted by Crippen LogP contribution is -3.00. The average molecular weight is 656 g/mol. The number of quaternary nitrogens is 1. The molecule has 0 aliphatic rings. The van der Waals surface area contributed by atoms with Crippen LogP contribution < -0.4 is 22.3 Å². The second-order valence-electron chi connectivity index (χ2n) is 14.3. The number of nitrogens with zero attached hydrogens (tertiary/aromatic N) is 1. The van der Waals surface area contributed by atoms with Crippen LogP contribution >= 0.6 is 7.60 Å². The highest BCUT2D eigenvalue weighted by Gasteiger charge is 2.41. The van der Waals surface area contributed by atoms with Gasteiger partial charge in [-0.25, -0.2) is 0 Å². The molecule has 6 nitrogen and oxygen atoms in total. The summed E-state index contributed by atoms with van der Waals surface area (Å²) in [6, 6.07) is 14.5. The van der Waals surface area contributed by atoms with Crippen molar-refractivity contribution in [2.45, 2.75) is 111 Å². The maximum atomic E-state index is 14.6. The zero-order valence-electron chi connectivity index (χ0n) is 27.5. The molecule has 2 aromatic rings. The SMILES string of the molecule is CC(C)OP(=O)(OC(C)C)C(NCCC[N+](C)(C)Cc1ccccc1)c1cc(C(C)(C)C)c(O)c(C(C)(C)C)c1.[Br-]. The minimum Gasteiger partial charge on any atom is -1.00 e. The first-order valence-electron chi connectivity index (χ1n) is 14.7. The van der Waals surface area contributed by atoms with E-state index in [2.05, 4.69) is 85.2 Å². The lowest BCUT2D eigenvalue weighted by molar-refractivity contribution is -0.903. The third kappa shape index (κ3) is 11.4. The zero-order valence-corrected chi connectivity index (χ0v) is 30.0. The fourth-order valence-electron chi connectivity index (χ4n) is 5.01. The molecule has 2 aromatic carbocycles. The summed E-state index contributed by atoms with van der Waals surface area (Å²) in [5.74, 6) is -0.378. The quantitative estimate of drug-likeness (QED) is 0.175. The third-order valence-corrected chi connectivity index (χ3v) is 9.37. The van der Waals surface area contributed by atoms with Gasteiger partial charge in [0.2, 0.25) is 0 Å². The van der Waals surface area contributed by atoms with Gasteiger partial charge in [0.15, 0.2) is 0 Å². The lowest BCUT2D eigenvalue weighted by Gasteiger charge is -2.34. The summed E-state index contributed by atoms with van der Waals surface area (Å²) in [4.78, 5) is 0. The van der Waals surface area contributed by atoms with Crippen LogP contribution in [0.25, 0.3) is 0 Å². The van der Waals surface area contributed by atoms with Gasteiger partial charge < -0.3 is 35.6 Å². The van der Waals surface area contributed by atoms with Gasteiger partial charge in [0.25, 0.3) is 0 Å². The number of hydrogen-bond acceptors (Lipinski definition) is 5. The van der Waals surface area contributed by atoms with Crippen LogP contribution in [-0.4, -0.2) is 49.0 Å². The minimum atomic E-state index is -3.66. The summed E-state index contributed by atoms with van der Waals surface area (Å²) in [6.07, 6.45) is 0.323. The van der Waals surface area contributed by atoms with E-state index in [9.17, 15) is 9.67 Å². The van der Waals surface area contributed by atoms with Crippen LogP contribution in [0.3, 0.4) is 0 Å². The molecule has 0 aromatic heterocycles. The number of phenolic OH excluding ortho intramolecular Hbond substituents is 1. The molecule has 0 aliphatic carbocycles. The highest BCUT2D eigenvalue weighted by Crippen LogP contribution is 2.62. The van der Waals surface area contributed by atoms with Gasteiger partial charge in [-0.05, 0) is 67.3 Å². The van der Waals surface area contributed by atoms with Crippen molar-refractivity contribution in [1.82, 2.24) is 5.32 Å². The van der Waals surface area contributed by atoms with E-state index in [0.717, 1.165) is 40.7 Å². The molecular formula is C33H56BrN2O4P. The molecule has 234 valence electrons. The first-order valence-corrected chi connectivity index (χ1v) is 16.3. The van der Waals surface area contributed by atoms with Crippen LogP contribution in [0.4, 0.5) is 0 Å². The molecule has 0 saturated carbocycles. The average Bonchev–Trinajstić information content (AvgIpc) is 2.77. The summed E-state index contributed by atoms with van der Waals surface area (Å²) >= 11 is 0. The van der Waals surface area contributed by atoms with Crippen molar-refractivity contribution in [3.05, 3.63) is 64.7 Å². The van der Waals surface area contributed by atoms with Crippen LogP contribution in [-0.2, 0) is 31.0 Å². The van der Waals surface area contributed by atoms with Crippen LogP contribution in [0.5, 0.6) is 5.75 Å². The van der Waals surface area contributed by atoms with Gasteiger partial charge in [0, 0.05) is 18.5 Å². The van der Waals surface area contributed by atoms with Crippen molar-refractivity contribution in [3.63, 3.8) is 0 Å². The number of rotatable bonds is 13. The van der Waals surface area contributed by atoms with E-state index in [1.165, 1.54) is 5.56 Å². The molecule has 2 rings (SSSR count). The molecule has 1 atom stereocenters. The Morgan fingerprint density at radius 2 is 1.34 bits per heavy atom. The highest BCUT2D eigenvalue weighted by molar-refractivity contribution is 7.54. The van der Waals surface area contributed by atoms with Gasteiger partial charge >= 0.3 is 7.60 Å². The molecule has 0 amide bonds. The van der Waals surface area contributed by atoms with Crippen molar-refractivity contribution >= 4 is 7.60 Å². The van der Waals surface area contributed by atoms with Gasteiger partial charge in [0.1, 0.15) is 18.1 Å². The first kappa shape index (κ1) is 37.8. The molecule has 0 radical (unpaired) electrons. The fraction of sp³-hybridized carbons (Fsp3) is 0.636. The molecule has 0 aliphatic heterocycles. The number of phenols is 1. The van der Waals surface area contributed by atoms with Crippen LogP contribution in [0.1, 0.15) is 104 Å². The zero-order chi connectivity index (χ0) is 30.5. The Balaban J connectivity index is 0.00000840. The monoisotopic (exact) mass is 654 g/mol. The Bertz CT molecular complexity index is 1090. The second kappa shape index (κ2) is 15.0. The standard InChI is InChI=1S/C33H55N2O4P.BrH/c1-24(2)38-40(37,39-25(3)4)31(34-19-16-20-35(11,12)23-26-17-14-13-15-18-26)27-21-28(32(5,6)7)30(36)29(22-27)33(8,9)10;/h13-15,17-18,21-22,24-25,31,34H,16,19-20,23H2,1-12H3;1H. The van der Waals surface area contributed by atoms with Crippen molar-refractivity contribution in [3.8, 4) is 5.75 Å². The van der Waals surface area contributed by atoms with Crippen LogP contribution in [0, 0.1) is 0 Å². The molecule has 0 fully saturated rings. The van der Waals surface area contributed by atoms with E-state index in [4.69, 9.17) is 9.05 Å². The van der Waals surface area contributed by atoms with E-state index in [0.29, 0.717) is 12.3 Å². The molecule has 0 spiro atoms. The van der Waals surface area contributed by atoms with Crippen molar-refractivity contribution < 1.29 is 40.2 Å². The number of benzene rings is 2. The molecule has 0 heterocycles. The molecule has 0 saturated heterocycles. The summed E-state index contributed by atoms with van der Waals surface area (Å²) in [5, 5.41) is 14.9. The number of halogens is 1. The topological polar surface area (TPSA) is 67.8 Å². The number of hydrogen-bond donors (Lipinski definition) is 2. The fourth-order valence-corrected chi connectivity index (χ4v) is 7.34. The molecule has 0 bridgehead atoms. The number of aromatic hydroxyl groups is 1. The predicted molar refractivity (Wildman–Crippen MR) is 168 cm³/mol. The van der Waals surface area contributed by atoms with E-state index in [-0.39, 0.29) is 40.0 Å². The Hall–Kier alpha value is -1.21. The molecule has 2 N–H and O–H groups in total. The summed E-state index contributed by atoms with van der Waals surface area (Å²) in [7, 11) is 0.824. The van der Waals surface area contributed by atoms with Gasteiger partial charge in [-0.1, -0.05) is 71.9 Å². The molecule has 1 unspecified atom stereocenters. The Morgan fingerprint density at radius 1 is 0.878 bits per heavy atom. The minimum absolute atomic E-state index is 0. The number of nitrogens with one attached hydrogen (secondary N) is 1. The maximum Gasteiger partial charge on any atom is 0.352 e. The van der Waals surface area contributed by atoms with Gasteiger partial charge in [0.05, 0.1) is 32.8 Å². The van der Waals surface area contributed by atoms with E-state index in [1.807, 2.05) is 45.9 Å². The van der Waals surface area contributed by atoms with Crippen LogP contribution in [0.2, 0.25) is 0 Å². The summed E-state index contributed by atoms with van der Waals surface area (Å²) in [6.45, 7) is 22.6. The molecule has 8 heteroatoms. The van der Waals surface area contributed by atoms with Crippen molar-refractivity contribution in [2.24, 2.45) is 0 Å². The maximum absolute atomic E-state index is 14.6. The van der Waals surface area contributed by atoms with E-state index < -0.39 is 13.4 Å². The Labute approximate surface area is 261 Å².